The highest BCUT2D eigenvalue weighted by atomic mass is 16.4. The monoisotopic (exact) mass is 211 g/mol. The van der Waals surface area contributed by atoms with Crippen molar-refractivity contribution in [3.8, 4) is 12.3 Å². The maximum Gasteiger partial charge on any atom is 0.310 e. The molecule has 0 bridgehead atoms. The summed E-state index contributed by atoms with van der Waals surface area (Å²) in [5, 5.41) is 11.6. The van der Waals surface area contributed by atoms with Crippen LogP contribution in [0, 0.1) is 17.8 Å². The number of amides is 1. The van der Waals surface area contributed by atoms with E-state index in [1.807, 2.05) is 0 Å². The zero-order chi connectivity index (χ0) is 11.9. The average molecular weight is 211 g/mol. The van der Waals surface area contributed by atoms with Crippen LogP contribution >= 0.6 is 0 Å². The second-order valence-corrected chi connectivity index (χ2v) is 3.45. The van der Waals surface area contributed by atoms with E-state index in [4.69, 9.17) is 11.5 Å². The van der Waals surface area contributed by atoms with E-state index in [9.17, 15) is 9.59 Å². The van der Waals surface area contributed by atoms with E-state index in [0.717, 1.165) is 0 Å². The molecule has 15 heavy (non-hydrogen) atoms. The second kappa shape index (κ2) is 6.07. The molecule has 0 saturated carbocycles. The molecule has 0 aliphatic heterocycles. The molecule has 4 nitrogen and oxygen atoms in total. The quantitative estimate of drug-likeness (QED) is 0.644. The molecule has 0 rings (SSSR count). The maximum absolute atomic E-state index is 11.4. The van der Waals surface area contributed by atoms with Crippen LogP contribution in [0.4, 0.5) is 0 Å². The number of carboxylic acid groups (broad SMARTS) is 1. The lowest BCUT2D eigenvalue weighted by Gasteiger charge is -2.25. The Morgan fingerprint density at radius 3 is 2.27 bits per heavy atom. The molecule has 0 unspecified atom stereocenters. The van der Waals surface area contributed by atoms with Crippen molar-refractivity contribution in [2.45, 2.75) is 33.1 Å². The lowest BCUT2D eigenvalue weighted by molar-refractivity contribution is -0.152. The standard InChI is InChI=1S/C11H17NO3/c1-4-7-12-9(13)8-11(5-2,6-3)10(14)15/h1H,5-8H2,2-3H3,(H,12,13)(H,14,15). The van der Waals surface area contributed by atoms with Crippen molar-refractivity contribution in [2.75, 3.05) is 6.54 Å². The summed E-state index contributed by atoms with van der Waals surface area (Å²) >= 11 is 0. The Balaban J connectivity index is 4.49. The first kappa shape index (κ1) is 13.5. The molecule has 0 aliphatic carbocycles. The second-order valence-electron chi connectivity index (χ2n) is 3.45. The van der Waals surface area contributed by atoms with E-state index in [0.29, 0.717) is 12.8 Å². The Hall–Kier alpha value is -1.50. The maximum atomic E-state index is 11.4. The molecule has 0 aromatic carbocycles. The molecule has 0 fully saturated rings. The molecule has 0 radical (unpaired) electrons. The highest BCUT2D eigenvalue weighted by Gasteiger charge is 2.36. The van der Waals surface area contributed by atoms with Gasteiger partial charge in [0.2, 0.25) is 5.91 Å². The SMILES string of the molecule is C#CCNC(=O)CC(CC)(CC)C(=O)O. The van der Waals surface area contributed by atoms with Gasteiger partial charge in [0.1, 0.15) is 0 Å². The number of carbonyl (C=O) groups excluding carboxylic acids is 1. The minimum Gasteiger partial charge on any atom is -0.481 e. The number of terminal acetylenes is 1. The Bertz CT molecular complexity index is 274. The Kier molecular flexibility index (Phi) is 5.46. The molecule has 1 amide bonds. The molecule has 0 atom stereocenters. The number of hydrogen-bond donors (Lipinski definition) is 2. The van der Waals surface area contributed by atoms with E-state index in [2.05, 4.69) is 11.2 Å². The number of hydrogen-bond acceptors (Lipinski definition) is 2. The van der Waals surface area contributed by atoms with Crippen LogP contribution in [-0.4, -0.2) is 23.5 Å². The summed E-state index contributed by atoms with van der Waals surface area (Å²) in [6.07, 6.45) is 5.83. The molecule has 2 N–H and O–H groups in total. The van der Waals surface area contributed by atoms with Crippen molar-refractivity contribution in [1.82, 2.24) is 5.32 Å². The van der Waals surface area contributed by atoms with E-state index < -0.39 is 11.4 Å². The van der Waals surface area contributed by atoms with Crippen LogP contribution in [0.3, 0.4) is 0 Å². The number of rotatable bonds is 6. The molecule has 0 aromatic rings. The van der Waals surface area contributed by atoms with Crippen molar-refractivity contribution < 1.29 is 14.7 Å². The van der Waals surface area contributed by atoms with Crippen LogP contribution in [0.2, 0.25) is 0 Å². The Morgan fingerprint density at radius 1 is 1.40 bits per heavy atom. The van der Waals surface area contributed by atoms with Gasteiger partial charge in [0.15, 0.2) is 0 Å². The highest BCUT2D eigenvalue weighted by molar-refractivity contribution is 5.85. The van der Waals surface area contributed by atoms with Crippen LogP contribution in [0.1, 0.15) is 33.1 Å². The van der Waals surface area contributed by atoms with Gasteiger partial charge in [0, 0.05) is 6.42 Å². The van der Waals surface area contributed by atoms with Crippen molar-refractivity contribution in [2.24, 2.45) is 5.41 Å². The summed E-state index contributed by atoms with van der Waals surface area (Å²) in [7, 11) is 0. The van der Waals surface area contributed by atoms with Gasteiger partial charge >= 0.3 is 5.97 Å². The lowest BCUT2D eigenvalue weighted by Crippen LogP contribution is -2.37. The van der Waals surface area contributed by atoms with Gasteiger partial charge in [0.25, 0.3) is 0 Å². The van der Waals surface area contributed by atoms with Crippen molar-refractivity contribution in [1.29, 1.82) is 0 Å². The molecule has 0 aliphatic rings. The van der Waals surface area contributed by atoms with E-state index in [1.54, 1.807) is 13.8 Å². The molecular weight excluding hydrogens is 194 g/mol. The lowest BCUT2D eigenvalue weighted by atomic mass is 9.79. The van der Waals surface area contributed by atoms with Crippen LogP contribution in [-0.2, 0) is 9.59 Å². The molecule has 0 heterocycles. The number of carboxylic acids is 1. The van der Waals surface area contributed by atoms with Gasteiger partial charge < -0.3 is 10.4 Å². The van der Waals surface area contributed by atoms with Gasteiger partial charge in [-0.05, 0) is 12.8 Å². The normalized spacial score (nSPS) is 10.5. The Labute approximate surface area is 90.1 Å². The molecule has 0 aromatic heterocycles. The smallest absolute Gasteiger partial charge is 0.310 e. The molecular formula is C11H17NO3. The third-order valence-electron chi connectivity index (χ3n) is 2.69. The van der Waals surface area contributed by atoms with Crippen molar-refractivity contribution in [3.05, 3.63) is 0 Å². The summed E-state index contributed by atoms with van der Waals surface area (Å²) < 4.78 is 0. The third-order valence-corrected chi connectivity index (χ3v) is 2.69. The van der Waals surface area contributed by atoms with Gasteiger partial charge in [-0.1, -0.05) is 19.8 Å². The summed E-state index contributed by atoms with van der Waals surface area (Å²) in [6, 6.07) is 0. The minimum absolute atomic E-state index is 0.0169. The van der Waals surface area contributed by atoms with Gasteiger partial charge in [0.05, 0.1) is 12.0 Å². The molecule has 0 spiro atoms. The van der Waals surface area contributed by atoms with Crippen molar-refractivity contribution in [3.63, 3.8) is 0 Å². The number of nitrogens with one attached hydrogen (secondary N) is 1. The zero-order valence-electron chi connectivity index (χ0n) is 9.17. The molecule has 0 saturated heterocycles. The Morgan fingerprint density at radius 2 is 1.93 bits per heavy atom. The van der Waals surface area contributed by atoms with Crippen molar-refractivity contribution >= 4 is 11.9 Å². The van der Waals surface area contributed by atoms with Gasteiger partial charge in [-0.15, -0.1) is 6.42 Å². The minimum atomic E-state index is -0.960. The van der Waals surface area contributed by atoms with Crippen LogP contribution < -0.4 is 5.32 Å². The predicted octanol–water partition coefficient (Wildman–Crippen LogP) is 1.02. The first-order valence-electron chi connectivity index (χ1n) is 4.96. The summed E-state index contributed by atoms with van der Waals surface area (Å²) in [5.74, 6) is 1.04. The van der Waals surface area contributed by atoms with Crippen LogP contribution in [0.25, 0.3) is 0 Å². The molecule has 84 valence electrons. The topological polar surface area (TPSA) is 66.4 Å². The highest BCUT2D eigenvalue weighted by Crippen LogP contribution is 2.30. The average Bonchev–Trinajstić information content (AvgIpc) is 2.22. The predicted molar refractivity (Wildman–Crippen MR) is 57.1 cm³/mol. The van der Waals surface area contributed by atoms with E-state index in [-0.39, 0.29) is 18.9 Å². The van der Waals surface area contributed by atoms with Crippen LogP contribution in [0.15, 0.2) is 0 Å². The third kappa shape index (κ3) is 3.62. The number of carbonyl (C=O) groups is 2. The largest absolute Gasteiger partial charge is 0.481 e. The summed E-state index contributed by atoms with van der Waals surface area (Å²) in [6.45, 7) is 3.68. The summed E-state index contributed by atoms with van der Waals surface area (Å²) in [4.78, 5) is 22.4. The van der Waals surface area contributed by atoms with Crippen LogP contribution in [0.5, 0.6) is 0 Å². The fourth-order valence-corrected chi connectivity index (χ4v) is 1.40. The van der Waals surface area contributed by atoms with Gasteiger partial charge in [-0.25, -0.2) is 0 Å². The fraction of sp³-hybridized carbons (Fsp3) is 0.636. The zero-order valence-corrected chi connectivity index (χ0v) is 9.17. The first-order valence-corrected chi connectivity index (χ1v) is 4.96. The first-order chi connectivity index (χ1) is 7.02. The van der Waals surface area contributed by atoms with Gasteiger partial charge in [-0.3, -0.25) is 9.59 Å². The van der Waals surface area contributed by atoms with Gasteiger partial charge in [-0.2, -0.15) is 0 Å². The number of aliphatic carboxylic acids is 1. The fourth-order valence-electron chi connectivity index (χ4n) is 1.40. The molecule has 4 heteroatoms. The summed E-state index contributed by atoms with van der Waals surface area (Å²) in [5.41, 5.74) is -0.960. The van der Waals surface area contributed by atoms with E-state index in [1.165, 1.54) is 0 Å². The van der Waals surface area contributed by atoms with E-state index >= 15 is 0 Å².